The number of nitrogens with zero attached hydrogens (tertiary/aromatic N) is 2. The molecule has 2 unspecified atom stereocenters. The van der Waals surface area contributed by atoms with Gasteiger partial charge in [0.15, 0.2) is 0 Å². The number of rotatable bonds is 3. The molecule has 0 aliphatic carbocycles. The lowest BCUT2D eigenvalue weighted by Crippen LogP contribution is -2.34. The first kappa shape index (κ1) is 15.3. The fourth-order valence-corrected chi connectivity index (χ4v) is 2.82. The molecule has 3 rings (SSSR count). The van der Waals surface area contributed by atoms with E-state index in [4.69, 9.17) is 16.3 Å². The zero-order chi connectivity index (χ0) is 16.2. The molecule has 0 bridgehead atoms. The maximum absolute atomic E-state index is 12.6. The monoisotopic (exact) mass is 327 g/mol. The number of benzene rings is 1. The van der Waals surface area contributed by atoms with Crippen LogP contribution in [-0.4, -0.2) is 17.5 Å². The number of nitriles is 1. The van der Waals surface area contributed by atoms with Gasteiger partial charge in [0.2, 0.25) is 5.91 Å². The first-order valence-electron chi connectivity index (χ1n) is 7.21. The van der Waals surface area contributed by atoms with Crippen molar-refractivity contribution in [3.8, 4) is 11.8 Å². The summed E-state index contributed by atoms with van der Waals surface area (Å²) in [4.78, 5) is 16.6. The van der Waals surface area contributed by atoms with Gasteiger partial charge in [0.1, 0.15) is 11.8 Å². The molecule has 1 aromatic heterocycles. The highest BCUT2D eigenvalue weighted by atomic mass is 35.5. The number of hydrogen-bond acceptors (Lipinski definition) is 4. The molecule has 0 radical (unpaired) electrons. The van der Waals surface area contributed by atoms with Crippen molar-refractivity contribution in [2.24, 2.45) is 0 Å². The molecular formula is C17H14ClN3O2. The number of fused-ring (bicyclic) bond motifs is 1. The maximum atomic E-state index is 12.6. The summed E-state index contributed by atoms with van der Waals surface area (Å²) in [5.41, 5.74) is 1.41. The van der Waals surface area contributed by atoms with Crippen LogP contribution in [0.1, 0.15) is 29.5 Å². The van der Waals surface area contributed by atoms with Crippen LogP contribution in [0.4, 0.5) is 0 Å². The van der Waals surface area contributed by atoms with E-state index in [0.717, 1.165) is 11.3 Å². The predicted molar refractivity (Wildman–Crippen MR) is 85.0 cm³/mol. The summed E-state index contributed by atoms with van der Waals surface area (Å²) in [6, 6.07) is 10.4. The van der Waals surface area contributed by atoms with Crippen molar-refractivity contribution in [3.05, 3.63) is 58.9 Å². The highest BCUT2D eigenvalue weighted by molar-refractivity contribution is 6.30. The minimum Gasteiger partial charge on any atom is -0.493 e. The summed E-state index contributed by atoms with van der Waals surface area (Å²) in [6.07, 6.45) is 3.59. The molecule has 23 heavy (non-hydrogen) atoms. The number of para-hydroxylation sites is 1. The van der Waals surface area contributed by atoms with Crippen molar-refractivity contribution in [3.63, 3.8) is 0 Å². The Balaban J connectivity index is 1.80. The maximum Gasteiger partial charge on any atom is 0.229 e. The van der Waals surface area contributed by atoms with Crippen LogP contribution in [-0.2, 0) is 4.79 Å². The third-order valence-corrected chi connectivity index (χ3v) is 3.96. The molecule has 1 aliphatic heterocycles. The van der Waals surface area contributed by atoms with E-state index >= 15 is 0 Å². The SMILES string of the molecule is N#CC(NC(=O)C1CCOc2ccccc21)c1cncc(Cl)c1. The van der Waals surface area contributed by atoms with Crippen LogP contribution >= 0.6 is 11.6 Å². The van der Waals surface area contributed by atoms with Gasteiger partial charge in [-0.2, -0.15) is 5.26 Å². The summed E-state index contributed by atoms with van der Waals surface area (Å²) >= 11 is 5.90. The van der Waals surface area contributed by atoms with Gasteiger partial charge in [0.25, 0.3) is 0 Å². The smallest absolute Gasteiger partial charge is 0.229 e. The van der Waals surface area contributed by atoms with Crippen LogP contribution in [0.5, 0.6) is 5.75 Å². The molecule has 2 atom stereocenters. The normalized spacial score (nSPS) is 17.3. The molecule has 1 aliphatic rings. The number of amides is 1. The van der Waals surface area contributed by atoms with Crippen molar-refractivity contribution in [1.29, 1.82) is 5.26 Å². The molecule has 2 aromatic rings. The van der Waals surface area contributed by atoms with E-state index in [0.29, 0.717) is 23.6 Å². The lowest BCUT2D eigenvalue weighted by atomic mass is 9.92. The Hall–Kier alpha value is -2.58. The number of carbonyl (C=O) groups is 1. The number of nitrogens with one attached hydrogen (secondary N) is 1. The van der Waals surface area contributed by atoms with Gasteiger partial charge in [0.05, 0.1) is 23.6 Å². The van der Waals surface area contributed by atoms with Gasteiger partial charge < -0.3 is 10.1 Å². The summed E-state index contributed by atoms with van der Waals surface area (Å²) in [5, 5.41) is 12.5. The van der Waals surface area contributed by atoms with Gasteiger partial charge in [0, 0.05) is 23.5 Å². The van der Waals surface area contributed by atoms with Crippen molar-refractivity contribution < 1.29 is 9.53 Å². The molecule has 0 spiro atoms. The molecule has 0 saturated carbocycles. The number of halogens is 1. The average molecular weight is 328 g/mol. The zero-order valence-electron chi connectivity index (χ0n) is 12.2. The number of aromatic nitrogens is 1. The largest absolute Gasteiger partial charge is 0.493 e. The molecule has 5 nitrogen and oxygen atoms in total. The quantitative estimate of drug-likeness (QED) is 0.940. The van der Waals surface area contributed by atoms with Gasteiger partial charge >= 0.3 is 0 Å². The van der Waals surface area contributed by atoms with Crippen molar-refractivity contribution >= 4 is 17.5 Å². The van der Waals surface area contributed by atoms with Crippen LogP contribution in [0, 0.1) is 11.3 Å². The minimum absolute atomic E-state index is 0.202. The van der Waals surface area contributed by atoms with Gasteiger partial charge in [-0.15, -0.1) is 0 Å². The molecule has 116 valence electrons. The third kappa shape index (κ3) is 3.27. The van der Waals surface area contributed by atoms with Crippen LogP contribution in [0.2, 0.25) is 5.02 Å². The van der Waals surface area contributed by atoms with E-state index in [2.05, 4.69) is 16.4 Å². The van der Waals surface area contributed by atoms with Gasteiger partial charge in [-0.05, 0) is 18.6 Å². The van der Waals surface area contributed by atoms with E-state index < -0.39 is 6.04 Å². The first-order valence-corrected chi connectivity index (χ1v) is 7.59. The number of pyridine rings is 1. The molecular weight excluding hydrogens is 314 g/mol. The molecule has 6 heteroatoms. The van der Waals surface area contributed by atoms with Gasteiger partial charge in [-0.1, -0.05) is 29.8 Å². The first-order chi connectivity index (χ1) is 11.2. The zero-order valence-corrected chi connectivity index (χ0v) is 13.0. The van der Waals surface area contributed by atoms with Crippen LogP contribution in [0.15, 0.2) is 42.7 Å². The standard InChI is InChI=1S/C17H14ClN3O2/c18-12-7-11(9-20-10-12)15(8-19)21-17(22)14-5-6-23-16-4-2-1-3-13(14)16/h1-4,7,9-10,14-15H,5-6H2,(H,21,22). The Kier molecular flexibility index (Phi) is 4.45. The second-order valence-corrected chi connectivity index (χ2v) is 5.67. The van der Waals surface area contributed by atoms with Crippen LogP contribution < -0.4 is 10.1 Å². The van der Waals surface area contributed by atoms with Crippen molar-refractivity contribution in [2.75, 3.05) is 6.61 Å². The topological polar surface area (TPSA) is 75.0 Å². The Bertz CT molecular complexity index is 772. The van der Waals surface area contributed by atoms with Crippen LogP contribution in [0.3, 0.4) is 0 Å². The predicted octanol–water partition coefficient (Wildman–Crippen LogP) is 2.98. The highest BCUT2D eigenvalue weighted by Gasteiger charge is 2.29. The molecule has 2 heterocycles. The fourth-order valence-electron chi connectivity index (χ4n) is 2.63. The lowest BCUT2D eigenvalue weighted by molar-refractivity contribution is -0.123. The summed E-state index contributed by atoms with van der Waals surface area (Å²) in [7, 11) is 0. The van der Waals surface area contributed by atoms with E-state index in [1.54, 1.807) is 6.07 Å². The van der Waals surface area contributed by atoms with Gasteiger partial charge in [-0.25, -0.2) is 0 Å². The number of carbonyl (C=O) groups excluding carboxylic acids is 1. The van der Waals surface area contributed by atoms with E-state index in [-0.39, 0.29) is 11.8 Å². The van der Waals surface area contributed by atoms with Crippen molar-refractivity contribution in [2.45, 2.75) is 18.4 Å². The molecule has 0 fully saturated rings. The number of hydrogen-bond donors (Lipinski definition) is 1. The molecule has 1 amide bonds. The second kappa shape index (κ2) is 6.67. The van der Waals surface area contributed by atoms with Gasteiger partial charge in [-0.3, -0.25) is 9.78 Å². The molecule has 1 aromatic carbocycles. The average Bonchev–Trinajstić information content (AvgIpc) is 2.59. The minimum atomic E-state index is -0.788. The van der Waals surface area contributed by atoms with E-state index in [1.807, 2.05) is 24.3 Å². The summed E-state index contributed by atoms with van der Waals surface area (Å²) in [6.45, 7) is 0.477. The fraction of sp³-hybridized carbons (Fsp3) is 0.235. The summed E-state index contributed by atoms with van der Waals surface area (Å²) in [5.74, 6) is 0.187. The lowest BCUT2D eigenvalue weighted by Gasteiger charge is -2.26. The Morgan fingerprint density at radius 3 is 3.04 bits per heavy atom. The molecule has 0 saturated heterocycles. The van der Waals surface area contributed by atoms with E-state index in [1.165, 1.54) is 12.4 Å². The Labute approximate surface area is 138 Å². The number of ether oxygens (including phenoxy) is 1. The second-order valence-electron chi connectivity index (χ2n) is 5.23. The Morgan fingerprint density at radius 2 is 2.26 bits per heavy atom. The van der Waals surface area contributed by atoms with E-state index in [9.17, 15) is 10.1 Å². The van der Waals surface area contributed by atoms with Crippen LogP contribution in [0.25, 0.3) is 0 Å². The summed E-state index contributed by atoms with van der Waals surface area (Å²) < 4.78 is 5.56. The Morgan fingerprint density at radius 1 is 1.43 bits per heavy atom. The van der Waals surface area contributed by atoms with Crippen molar-refractivity contribution in [1.82, 2.24) is 10.3 Å². The third-order valence-electron chi connectivity index (χ3n) is 3.75. The molecule has 1 N–H and O–H groups in total. The highest BCUT2D eigenvalue weighted by Crippen LogP contribution is 2.33.